The summed E-state index contributed by atoms with van der Waals surface area (Å²) in [5.41, 5.74) is 4.11. The van der Waals surface area contributed by atoms with Gasteiger partial charge in [0.1, 0.15) is 0 Å². The molecule has 0 saturated carbocycles. The van der Waals surface area contributed by atoms with E-state index in [0.29, 0.717) is 0 Å². The lowest BCUT2D eigenvalue weighted by Crippen LogP contribution is -2.42. The highest BCUT2D eigenvalue weighted by atomic mass is 32.2. The van der Waals surface area contributed by atoms with Gasteiger partial charge in [0.2, 0.25) is 0 Å². The summed E-state index contributed by atoms with van der Waals surface area (Å²) in [6, 6.07) is 2.21. The van der Waals surface area contributed by atoms with Crippen LogP contribution >= 0.6 is 11.8 Å². The molecule has 0 spiro atoms. The van der Waals surface area contributed by atoms with Gasteiger partial charge in [0.25, 0.3) is 0 Å². The van der Waals surface area contributed by atoms with Gasteiger partial charge in [-0.15, -0.1) is 0 Å². The molecular formula is C10H18N4S. The molecule has 15 heavy (non-hydrogen) atoms. The maximum absolute atomic E-state index is 5.69. The molecule has 0 aliphatic carbocycles. The molecule has 1 aliphatic heterocycles. The molecule has 1 aliphatic rings. The number of rotatable bonds is 3. The number of nitrogens with zero attached hydrogens (tertiary/aromatic N) is 2. The number of hydrogen-bond donors (Lipinski definition) is 2. The maximum atomic E-state index is 5.69. The third-order valence-electron chi connectivity index (χ3n) is 3.18. The van der Waals surface area contributed by atoms with Crippen LogP contribution in [-0.2, 0) is 7.05 Å². The van der Waals surface area contributed by atoms with Crippen molar-refractivity contribution in [3.05, 3.63) is 18.0 Å². The Balaban J connectivity index is 2.27. The minimum Gasteiger partial charge on any atom is -0.271 e. The predicted molar refractivity (Wildman–Crippen MR) is 63.4 cm³/mol. The third kappa shape index (κ3) is 1.91. The van der Waals surface area contributed by atoms with Crippen LogP contribution in [0.2, 0.25) is 0 Å². The quantitative estimate of drug-likeness (QED) is 0.601. The van der Waals surface area contributed by atoms with Gasteiger partial charge in [-0.05, 0) is 31.6 Å². The van der Waals surface area contributed by atoms with Crippen LogP contribution in [0.25, 0.3) is 0 Å². The molecule has 2 atom stereocenters. The second-order valence-electron chi connectivity index (χ2n) is 4.24. The van der Waals surface area contributed by atoms with Gasteiger partial charge in [0, 0.05) is 18.0 Å². The number of nitrogens with two attached hydrogens (primary N) is 1. The summed E-state index contributed by atoms with van der Waals surface area (Å²) in [6.07, 6.45) is 4.30. The van der Waals surface area contributed by atoms with Crippen LogP contribution in [0.15, 0.2) is 12.3 Å². The summed E-state index contributed by atoms with van der Waals surface area (Å²) >= 11 is 2.00. The normalized spacial score (nSPS) is 28.2. The van der Waals surface area contributed by atoms with Gasteiger partial charge in [-0.25, -0.2) is 0 Å². The fraction of sp³-hybridized carbons (Fsp3) is 0.700. The Morgan fingerprint density at radius 1 is 1.73 bits per heavy atom. The van der Waals surface area contributed by atoms with E-state index >= 15 is 0 Å². The second-order valence-corrected chi connectivity index (χ2v) is 5.87. The molecule has 0 bridgehead atoms. The van der Waals surface area contributed by atoms with Gasteiger partial charge >= 0.3 is 0 Å². The molecule has 1 saturated heterocycles. The van der Waals surface area contributed by atoms with Crippen molar-refractivity contribution in [3.63, 3.8) is 0 Å². The van der Waals surface area contributed by atoms with Crippen molar-refractivity contribution in [3.8, 4) is 0 Å². The van der Waals surface area contributed by atoms with E-state index in [1.807, 2.05) is 35.8 Å². The van der Waals surface area contributed by atoms with E-state index in [4.69, 9.17) is 5.84 Å². The first-order valence-corrected chi connectivity index (χ1v) is 6.24. The first-order valence-electron chi connectivity index (χ1n) is 5.25. The number of nitrogens with one attached hydrogen (secondary N) is 1. The zero-order chi connectivity index (χ0) is 10.9. The lowest BCUT2D eigenvalue weighted by atomic mass is 9.94. The molecule has 84 valence electrons. The van der Waals surface area contributed by atoms with E-state index in [-0.39, 0.29) is 10.8 Å². The average molecular weight is 226 g/mol. The van der Waals surface area contributed by atoms with E-state index < -0.39 is 0 Å². The summed E-state index contributed by atoms with van der Waals surface area (Å²) in [5, 5.41) is 4.20. The molecule has 2 heterocycles. The Morgan fingerprint density at radius 3 is 3.00 bits per heavy atom. The van der Waals surface area contributed by atoms with Crippen molar-refractivity contribution in [1.82, 2.24) is 15.2 Å². The minimum atomic E-state index is 0.178. The lowest BCUT2D eigenvalue weighted by molar-refractivity contribution is 0.399. The van der Waals surface area contributed by atoms with Crippen LogP contribution in [0.3, 0.4) is 0 Å². The van der Waals surface area contributed by atoms with E-state index in [1.165, 1.54) is 18.6 Å². The summed E-state index contributed by atoms with van der Waals surface area (Å²) < 4.78 is 2.09. The van der Waals surface area contributed by atoms with E-state index in [0.717, 1.165) is 5.69 Å². The van der Waals surface area contributed by atoms with E-state index in [2.05, 4.69) is 17.4 Å². The lowest BCUT2D eigenvalue weighted by Gasteiger charge is -2.32. The summed E-state index contributed by atoms with van der Waals surface area (Å²) in [5.74, 6) is 6.92. The molecule has 0 radical (unpaired) electrons. The summed E-state index contributed by atoms with van der Waals surface area (Å²) in [4.78, 5) is 0. The van der Waals surface area contributed by atoms with Crippen LogP contribution < -0.4 is 11.3 Å². The zero-order valence-corrected chi connectivity index (χ0v) is 10.0. The smallest absolute Gasteiger partial charge is 0.0772 e. The Bertz CT molecular complexity index is 330. The van der Waals surface area contributed by atoms with Crippen molar-refractivity contribution in [2.75, 3.05) is 5.75 Å². The van der Waals surface area contributed by atoms with Crippen molar-refractivity contribution < 1.29 is 0 Å². The average Bonchev–Trinajstić information content (AvgIpc) is 2.79. The highest BCUT2D eigenvalue weighted by molar-refractivity contribution is 8.00. The fourth-order valence-corrected chi connectivity index (χ4v) is 3.67. The molecule has 4 nitrogen and oxygen atoms in total. The van der Waals surface area contributed by atoms with Crippen molar-refractivity contribution in [1.29, 1.82) is 0 Å². The van der Waals surface area contributed by atoms with Gasteiger partial charge in [-0.2, -0.15) is 16.9 Å². The monoisotopic (exact) mass is 226 g/mol. The number of aryl methyl sites for hydroxylation is 1. The topological polar surface area (TPSA) is 55.9 Å². The predicted octanol–water partition coefficient (Wildman–Crippen LogP) is 1.21. The Hall–Kier alpha value is -0.520. The summed E-state index contributed by atoms with van der Waals surface area (Å²) in [6.45, 7) is 2.28. The number of thioether (sulfide) groups is 1. The molecule has 2 rings (SSSR count). The molecule has 5 heteroatoms. The van der Waals surface area contributed by atoms with Crippen LogP contribution in [0.5, 0.6) is 0 Å². The molecule has 3 N–H and O–H groups in total. The van der Waals surface area contributed by atoms with Gasteiger partial charge in [0.05, 0.1) is 11.7 Å². The summed E-state index contributed by atoms with van der Waals surface area (Å²) in [7, 11) is 1.96. The Labute approximate surface area is 94.6 Å². The first kappa shape index (κ1) is 11.0. The molecule has 1 aromatic heterocycles. The number of hydrazine groups is 1. The van der Waals surface area contributed by atoms with Crippen molar-refractivity contribution in [2.45, 2.75) is 30.6 Å². The number of hydrogen-bond acceptors (Lipinski definition) is 4. The van der Waals surface area contributed by atoms with E-state index in [1.54, 1.807) is 0 Å². The van der Waals surface area contributed by atoms with Crippen LogP contribution in [0.1, 0.15) is 31.5 Å². The molecule has 0 amide bonds. The van der Waals surface area contributed by atoms with Crippen molar-refractivity contribution >= 4 is 11.8 Å². The van der Waals surface area contributed by atoms with Crippen LogP contribution in [0, 0.1) is 0 Å². The largest absolute Gasteiger partial charge is 0.271 e. The maximum Gasteiger partial charge on any atom is 0.0772 e. The Morgan fingerprint density at radius 2 is 2.53 bits per heavy atom. The van der Waals surface area contributed by atoms with Gasteiger partial charge in [-0.3, -0.25) is 16.0 Å². The van der Waals surface area contributed by atoms with E-state index in [9.17, 15) is 0 Å². The van der Waals surface area contributed by atoms with Crippen LogP contribution in [0.4, 0.5) is 0 Å². The van der Waals surface area contributed by atoms with Gasteiger partial charge in [0.15, 0.2) is 0 Å². The van der Waals surface area contributed by atoms with Gasteiger partial charge < -0.3 is 0 Å². The zero-order valence-electron chi connectivity index (χ0n) is 9.23. The second kappa shape index (κ2) is 4.15. The van der Waals surface area contributed by atoms with Gasteiger partial charge in [-0.1, -0.05) is 0 Å². The molecular weight excluding hydrogens is 208 g/mol. The minimum absolute atomic E-state index is 0.178. The molecule has 2 unspecified atom stereocenters. The van der Waals surface area contributed by atoms with Crippen LogP contribution in [-0.4, -0.2) is 20.3 Å². The molecule has 1 aromatic rings. The van der Waals surface area contributed by atoms with Crippen molar-refractivity contribution in [2.24, 2.45) is 12.9 Å². The molecule has 1 fully saturated rings. The molecule has 0 aromatic carbocycles. The standard InChI is InChI=1S/C10H18N4S/c1-10(5-3-7-15-10)9(13-11)8-4-6-12-14(8)2/h4,6,9,13H,3,5,7,11H2,1-2H3. The Kier molecular flexibility index (Phi) is 3.04. The number of aromatic nitrogens is 2. The first-order chi connectivity index (χ1) is 7.17. The highest BCUT2D eigenvalue weighted by Crippen LogP contribution is 2.45. The highest BCUT2D eigenvalue weighted by Gasteiger charge is 2.39. The SMILES string of the molecule is Cn1nccc1C(NN)C1(C)CCCS1. The third-order valence-corrected chi connectivity index (χ3v) is 4.77. The fourth-order valence-electron chi connectivity index (χ4n) is 2.27.